The van der Waals surface area contributed by atoms with Crippen LogP contribution in [0.5, 0.6) is 0 Å². The Kier molecular flexibility index (Phi) is 5.38. The summed E-state index contributed by atoms with van der Waals surface area (Å²) in [5, 5.41) is 0.424. The number of benzene rings is 1. The summed E-state index contributed by atoms with van der Waals surface area (Å²) in [6, 6.07) is 5.41. The number of hydrogen-bond acceptors (Lipinski definition) is 3. The van der Waals surface area contributed by atoms with Crippen LogP contribution in [-0.2, 0) is 0 Å². The minimum Gasteiger partial charge on any atom is -0.329 e. The van der Waals surface area contributed by atoms with Crippen LogP contribution < -0.4 is 5.73 Å². The zero-order valence-electron chi connectivity index (χ0n) is 12.1. The first-order chi connectivity index (χ1) is 9.52. The lowest BCUT2D eigenvalue weighted by molar-refractivity contribution is 0.109. The van der Waals surface area contributed by atoms with Gasteiger partial charge in [0, 0.05) is 42.3 Å². The fraction of sp³-hybridized carbons (Fsp3) is 0.600. The van der Waals surface area contributed by atoms with Crippen molar-refractivity contribution in [1.82, 2.24) is 9.80 Å². The van der Waals surface area contributed by atoms with Gasteiger partial charge in [0.1, 0.15) is 5.82 Å². The van der Waals surface area contributed by atoms with Crippen molar-refractivity contribution in [3.63, 3.8) is 0 Å². The van der Waals surface area contributed by atoms with Gasteiger partial charge in [-0.05, 0) is 39.1 Å². The van der Waals surface area contributed by atoms with Crippen LogP contribution in [0, 0.1) is 5.82 Å². The number of likely N-dealkylation sites (tertiary alicyclic amines) is 1. The molecule has 0 aromatic heterocycles. The zero-order chi connectivity index (χ0) is 14.7. The van der Waals surface area contributed by atoms with E-state index in [9.17, 15) is 4.39 Å². The number of hydrogen-bond donors (Lipinski definition) is 1. The van der Waals surface area contributed by atoms with Crippen molar-refractivity contribution in [2.45, 2.75) is 24.9 Å². The highest BCUT2D eigenvalue weighted by Crippen LogP contribution is 2.28. The summed E-state index contributed by atoms with van der Waals surface area (Å²) >= 11 is 5.81. The Labute approximate surface area is 125 Å². The molecule has 1 aromatic carbocycles. The van der Waals surface area contributed by atoms with Crippen LogP contribution in [0.3, 0.4) is 0 Å². The molecule has 3 nitrogen and oxygen atoms in total. The minimum absolute atomic E-state index is 0.0598. The van der Waals surface area contributed by atoms with Crippen molar-refractivity contribution < 1.29 is 4.39 Å². The van der Waals surface area contributed by atoms with Crippen molar-refractivity contribution >= 4 is 11.6 Å². The maximum absolute atomic E-state index is 14.1. The van der Waals surface area contributed by atoms with E-state index < -0.39 is 0 Å². The maximum atomic E-state index is 14.1. The predicted molar refractivity (Wildman–Crippen MR) is 81.5 cm³/mol. The van der Waals surface area contributed by atoms with E-state index in [4.69, 9.17) is 17.3 Å². The lowest BCUT2D eigenvalue weighted by Gasteiger charge is -2.39. The molecule has 0 spiro atoms. The first-order valence-electron chi connectivity index (χ1n) is 7.08. The standard InChI is InChI=1S/C15H23ClFN3/c1-19(2)12-5-7-20(8-6-12)15(10-18)13-4-3-11(16)9-14(13)17/h3-4,9,12,15H,5-8,10,18H2,1-2H3. The summed E-state index contributed by atoms with van der Waals surface area (Å²) in [6.45, 7) is 2.32. The van der Waals surface area contributed by atoms with Crippen molar-refractivity contribution in [1.29, 1.82) is 0 Å². The Morgan fingerprint density at radius 2 is 2.05 bits per heavy atom. The molecule has 1 fully saturated rings. The molecule has 0 aliphatic carbocycles. The summed E-state index contributed by atoms with van der Waals surface area (Å²) in [5.41, 5.74) is 6.54. The fourth-order valence-corrected chi connectivity index (χ4v) is 3.12. The molecular weight excluding hydrogens is 277 g/mol. The van der Waals surface area contributed by atoms with Crippen molar-refractivity contribution in [2.24, 2.45) is 5.73 Å². The van der Waals surface area contributed by atoms with E-state index in [-0.39, 0.29) is 11.9 Å². The van der Waals surface area contributed by atoms with Gasteiger partial charge in [-0.1, -0.05) is 17.7 Å². The lowest BCUT2D eigenvalue weighted by atomic mass is 9.98. The molecule has 0 saturated carbocycles. The molecule has 20 heavy (non-hydrogen) atoms. The molecule has 2 rings (SSSR count). The van der Waals surface area contributed by atoms with Gasteiger partial charge in [0.2, 0.25) is 0 Å². The van der Waals surface area contributed by atoms with Crippen molar-refractivity contribution in [2.75, 3.05) is 33.7 Å². The number of nitrogens with two attached hydrogens (primary N) is 1. The average molecular weight is 300 g/mol. The van der Waals surface area contributed by atoms with Crippen LogP contribution >= 0.6 is 11.6 Å². The quantitative estimate of drug-likeness (QED) is 0.927. The molecule has 112 valence electrons. The highest BCUT2D eigenvalue weighted by molar-refractivity contribution is 6.30. The molecule has 0 radical (unpaired) electrons. The van der Waals surface area contributed by atoms with Crippen LogP contribution in [0.25, 0.3) is 0 Å². The molecule has 1 aliphatic rings. The van der Waals surface area contributed by atoms with Crippen LogP contribution in [-0.4, -0.2) is 49.6 Å². The molecule has 0 bridgehead atoms. The molecule has 1 heterocycles. The number of halogens is 2. The fourth-order valence-electron chi connectivity index (χ4n) is 2.96. The molecule has 1 atom stereocenters. The SMILES string of the molecule is CN(C)C1CCN(C(CN)c2ccc(Cl)cc2F)CC1. The average Bonchev–Trinajstić information content (AvgIpc) is 2.42. The Bertz CT molecular complexity index is 445. The Morgan fingerprint density at radius 3 is 2.55 bits per heavy atom. The topological polar surface area (TPSA) is 32.5 Å². The van der Waals surface area contributed by atoms with Crippen LogP contribution in [0.1, 0.15) is 24.4 Å². The Morgan fingerprint density at radius 1 is 1.40 bits per heavy atom. The summed E-state index contributed by atoms with van der Waals surface area (Å²) in [5.74, 6) is -0.261. The molecule has 0 amide bonds. The highest BCUT2D eigenvalue weighted by atomic mass is 35.5. The molecule has 5 heteroatoms. The van der Waals surface area contributed by atoms with Crippen molar-refractivity contribution in [3.8, 4) is 0 Å². The molecule has 1 aromatic rings. The van der Waals surface area contributed by atoms with Gasteiger partial charge in [0.15, 0.2) is 0 Å². The van der Waals surface area contributed by atoms with Gasteiger partial charge < -0.3 is 10.6 Å². The smallest absolute Gasteiger partial charge is 0.129 e. The van der Waals surface area contributed by atoms with E-state index in [0.717, 1.165) is 25.9 Å². The monoisotopic (exact) mass is 299 g/mol. The third-order valence-electron chi connectivity index (χ3n) is 4.21. The van der Waals surface area contributed by atoms with E-state index in [1.54, 1.807) is 12.1 Å². The molecular formula is C15H23ClFN3. The minimum atomic E-state index is -0.261. The second-order valence-corrected chi connectivity index (χ2v) is 6.08. The van der Waals surface area contributed by atoms with Gasteiger partial charge in [0.25, 0.3) is 0 Å². The normalized spacial score (nSPS) is 19.5. The van der Waals surface area contributed by atoms with Gasteiger partial charge in [0.05, 0.1) is 0 Å². The first-order valence-corrected chi connectivity index (χ1v) is 7.46. The first kappa shape index (κ1) is 15.7. The Balaban J connectivity index is 2.09. The summed E-state index contributed by atoms with van der Waals surface area (Å²) < 4.78 is 14.1. The summed E-state index contributed by atoms with van der Waals surface area (Å²) in [7, 11) is 4.22. The van der Waals surface area contributed by atoms with Crippen LogP contribution in [0.15, 0.2) is 18.2 Å². The van der Waals surface area contributed by atoms with Gasteiger partial charge in [-0.2, -0.15) is 0 Å². The molecule has 1 unspecified atom stereocenters. The van der Waals surface area contributed by atoms with Crippen LogP contribution in [0.2, 0.25) is 5.02 Å². The Hall–Kier alpha value is -0.680. The van der Waals surface area contributed by atoms with Gasteiger partial charge in [-0.15, -0.1) is 0 Å². The second-order valence-electron chi connectivity index (χ2n) is 5.65. The predicted octanol–water partition coefficient (Wildman–Crippen LogP) is 2.50. The largest absolute Gasteiger partial charge is 0.329 e. The summed E-state index contributed by atoms with van der Waals surface area (Å²) in [6.07, 6.45) is 2.19. The second kappa shape index (κ2) is 6.85. The number of rotatable bonds is 4. The van der Waals surface area contributed by atoms with E-state index >= 15 is 0 Å². The zero-order valence-corrected chi connectivity index (χ0v) is 12.9. The third-order valence-corrected chi connectivity index (χ3v) is 4.45. The third kappa shape index (κ3) is 3.50. The van der Waals surface area contributed by atoms with Gasteiger partial charge in [-0.3, -0.25) is 4.90 Å². The van der Waals surface area contributed by atoms with Gasteiger partial charge >= 0.3 is 0 Å². The van der Waals surface area contributed by atoms with E-state index in [0.29, 0.717) is 23.2 Å². The maximum Gasteiger partial charge on any atom is 0.129 e. The van der Waals surface area contributed by atoms with Crippen LogP contribution in [0.4, 0.5) is 4.39 Å². The molecule has 2 N–H and O–H groups in total. The van der Waals surface area contributed by atoms with Gasteiger partial charge in [-0.25, -0.2) is 4.39 Å². The highest BCUT2D eigenvalue weighted by Gasteiger charge is 2.27. The number of piperidine rings is 1. The lowest BCUT2D eigenvalue weighted by Crippen LogP contribution is -2.45. The van der Waals surface area contributed by atoms with Crippen molar-refractivity contribution in [3.05, 3.63) is 34.6 Å². The molecule has 1 aliphatic heterocycles. The summed E-state index contributed by atoms with van der Waals surface area (Å²) in [4.78, 5) is 4.55. The number of nitrogens with zero attached hydrogens (tertiary/aromatic N) is 2. The van der Waals surface area contributed by atoms with E-state index in [2.05, 4.69) is 23.9 Å². The van der Waals surface area contributed by atoms with E-state index in [1.807, 2.05) is 0 Å². The van der Waals surface area contributed by atoms with E-state index in [1.165, 1.54) is 6.07 Å². The molecule has 1 saturated heterocycles.